The molecule has 0 aliphatic carbocycles. The van der Waals surface area contributed by atoms with Gasteiger partial charge in [0.05, 0.1) is 6.61 Å². The molecule has 0 unspecified atom stereocenters. The lowest BCUT2D eigenvalue weighted by atomic mass is 10.1. The molecular formula is C18H22BrNO. The predicted octanol–water partition coefficient (Wildman–Crippen LogP) is 5.49. The molecule has 0 saturated heterocycles. The molecule has 0 aromatic heterocycles. The van der Waals surface area contributed by atoms with E-state index >= 15 is 0 Å². The molecule has 3 heteroatoms. The van der Waals surface area contributed by atoms with Gasteiger partial charge in [0.25, 0.3) is 0 Å². The van der Waals surface area contributed by atoms with Gasteiger partial charge in [-0.05, 0) is 54.3 Å². The SMILES string of the molecule is CC(C)CCOc1ccc(CNc2ccc(Br)cc2)cc1. The Morgan fingerprint density at radius 2 is 1.67 bits per heavy atom. The van der Waals surface area contributed by atoms with Crippen LogP contribution < -0.4 is 10.1 Å². The second kappa shape index (κ2) is 8.08. The zero-order valence-electron chi connectivity index (χ0n) is 12.6. The van der Waals surface area contributed by atoms with Gasteiger partial charge in [-0.2, -0.15) is 0 Å². The molecule has 1 N–H and O–H groups in total. The first kappa shape index (κ1) is 15.9. The Morgan fingerprint density at radius 1 is 1.00 bits per heavy atom. The minimum absolute atomic E-state index is 0.680. The minimum Gasteiger partial charge on any atom is -0.494 e. The molecule has 2 aromatic carbocycles. The molecule has 0 bridgehead atoms. The summed E-state index contributed by atoms with van der Waals surface area (Å²) in [4.78, 5) is 0. The highest BCUT2D eigenvalue weighted by atomic mass is 79.9. The Morgan fingerprint density at radius 3 is 2.29 bits per heavy atom. The van der Waals surface area contributed by atoms with Crippen LogP contribution in [0.15, 0.2) is 53.0 Å². The van der Waals surface area contributed by atoms with Crippen molar-refractivity contribution in [1.29, 1.82) is 0 Å². The largest absolute Gasteiger partial charge is 0.494 e. The molecule has 0 aliphatic heterocycles. The number of nitrogens with one attached hydrogen (secondary N) is 1. The van der Waals surface area contributed by atoms with Crippen LogP contribution in [-0.4, -0.2) is 6.61 Å². The molecule has 0 saturated carbocycles. The van der Waals surface area contributed by atoms with Crippen molar-refractivity contribution in [3.63, 3.8) is 0 Å². The van der Waals surface area contributed by atoms with E-state index in [-0.39, 0.29) is 0 Å². The molecule has 0 atom stereocenters. The molecule has 2 aromatic rings. The maximum Gasteiger partial charge on any atom is 0.119 e. The van der Waals surface area contributed by atoms with E-state index in [1.165, 1.54) is 5.56 Å². The fraction of sp³-hybridized carbons (Fsp3) is 0.333. The Hall–Kier alpha value is -1.48. The quantitative estimate of drug-likeness (QED) is 0.715. The van der Waals surface area contributed by atoms with Gasteiger partial charge in [0.1, 0.15) is 5.75 Å². The molecule has 0 aliphatic rings. The summed E-state index contributed by atoms with van der Waals surface area (Å²) in [7, 11) is 0. The topological polar surface area (TPSA) is 21.3 Å². The van der Waals surface area contributed by atoms with Crippen LogP contribution in [0.5, 0.6) is 5.75 Å². The van der Waals surface area contributed by atoms with E-state index in [4.69, 9.17) is 4.74 Å². The Labute approximate surface area is 135 Å². The van der Waals surface area contributed by atoms with Crippen LogP contribution in [0, 0.1) is 5.92 Å². The van der Waals surface area contributed by atoms with Crippen LogP contribution >= 0.6 is 15.9 Å². The zero-order valence-corrected chi connectivity index (χ0v) is 14.2. The van der Waals surface area contributed by atoms with Crippen molar-refractivity contribution >= 4 is 21.6 Å². The average molecular weight is 348 g/mol. The molecular weight excluding hydrogens is 326 g/mol. The number of hydrogen-bond acceptors (Lipinski definition) is 2. The molecule has 0 heterocycles. The average Bonchev–Trinajstić information content (AvgIpc) is 2.48. The van der Waals surface area contributed by atoms with E-state index in [0.717, 1.165) is 35.5 Å². The van der Waals surface area contributed by atoms with E-state index in [9.17, 15) is 0 Å². The molecule has 21 heavy (non-hydrogen) atoms. The van der Waals surface area contributed by atoms with Gasteiger partial charge in [-0.1, -0.05) is 41.9 Å². The Balaban J connectivity index is 1.80. The van der Waals surface area contributed by atoms with Crippen molar-refractivity contribution in [1.82, 2.24) is 0 Å². The number of rotatable bonds is 7. The van der Waals surface area contributed by atoms with Gasteiger partial charge < -0.3 is 10.1 Å². The summed E-state index contributed by atoms with van der Waals surface area (Å²) in [5.41, 5.74) is 2.37. The van der Waals surface area contributed by atoms with E-state index in [1.54, 1.807) is 0 Å². The molecule has 2 nitrogen and oxygen atoms in total. The summed E-state index contributed by atoms with van der Waals surface area (Å²) in [5, 5.41) is 3.40. The van der Waals surface area contributed by atoms with Crippen LogP contribution in [-0.2, 0) is 6.54 Å². The molecule has 2 rings (SSSR count). The first-order valence-electron chi connectivity index (χ1n) is 7.34. The van der Waals surface area contributed by atoms with E-state index in [2.05, 4.69) is 59.4 Å². The van der Waals surface area contributed by atoms with Crippen LogP contribution in [0.2, 0.25) is 0 Å². The number of anilines is 1. The summed E-state index contributed by atoms with van der Waals surface area (Å²) in [6.45, 7) is 6.02. The third-order valence-electron chi connectivity index (χ3n) is 3.23. The summed E-state index contributed by atoms with van der Waals surface area (Å²) in [5.74, 6) is 1.63. The third-order valence-corrected chi connectivity index (χ3v) is 3.76. The number of halogens is 1. The smallest absolute Gasteiger partial charge is 0.119 e. The van der Waals surface area contributed by atoms with Gasteiger partial charge in [-0.25, -0.2) is 0 Å². The fourth-order valence-corrected chi connectivity index (χ4v) is 2.15. The Kier molecular flexibility index (Phi) is 6.12. The number of ether oxygens (including phenoxy) is 1. The first-order chi connectivity index (χ1) is 10.1. The normalized spacial score (nSPS) is 10.7. The van der Waals surface area contributed by atoms with Crippen molar-refractivity contribution in [2.75, 3.05) is 11.9 Å². The lowest BCUT2D eigenvalue weighted by Gasteiger charge is -2.10. The first-order valence-corrected chi connectivity index (χ1v) is 8.14. The van der Waals surface area contributed by atoms with E-state index in [0.29, 0.717) is 5.92 Å². The van der Waals surface area contributed by atoms with Gasteiger partial charge in [0.2, 0.25) is 0 Å². The second-order valence-electron chi connectivity index (χ2n) is 5.54. The zero-order chi connectivity index (χ0) is 15.1. The number of benzene rings is 2. The van der Waals surface area contributed by atoms with Gasteiger partial charge >= 0.3 is 0 Å². The van der Waals surface area contributed by atoms with Gasteiger partial charge in [0.15, 0.2) is 0 Å². The minimum atomic E-state index is 0.680. The molecule has 0 fully saturated rings. The van der Waals surface area contributed by atoms with E-state index < -0.39 is 0 Å². The molecule has 112 valence electrons. The molecule has 0 amide bonds. The highest BCUT2D eigenvalue weighted by Crippen LogP contribution is 2.17. The lowest BCUT2D eigenvalue weighted by Crippen LogP contribution is -2.02. The lowest BCUT2D eigenvalue weighted by molar-refractivity contribution is 0.289. The van der Waals surface area contributed by atoms with Gasteiger partial charge in [0, 0.05) is 16.7 Å². The Bertz CT molecular complexity index is 534. The molecule has 0 spiro atoms. The van der Waals surface area contributed by atoms with E-state index in [1.807, 2.05) is 24.3 Å². The second-order valence-corrected chi connectivity index (χ2v) is 6.45. The van der Waals surface area contributed by atoms with Gasteiger partial charge in [-0.15, -0.1) is 0 Å². The van der Waals surface area contributed by atoms with Crippen molar-refractivity contribution in [2.45, 2.75) is 26.8 Å². The predicted molar refractivity (Wildman–Crippen MR) is 92.9 cm³/mol. The van der Waals surface area contributed by atoms with Crippen LogP contribution in [0.3, 0.4) is 0 Å². The third kappa shape index (κ3) is 5.80. The molecule has 0 radical (unpaired) electrons. The summed E-state index contributed by atoms with van der Waals surface area (Å²) in [6.07, 6.45) is 1.09. The van der Waals surface area contributed by atoms with Crippen molar-refractivity contribution in [2.24, 2.45) is 5.92 Å². The van der Waals surface area contributed by atoms with Crippen LogP contribution in [0.4, 0.5) is 5.69 Å². The van der Waals surface area contributed by atoms with Crippen molar-refractivity contribution in [3.05, 3.63) is 58.6 Å². The van der Waals surface area contributed by atoms with Crippen molar-refractivity contribution < 1.29 is 4.74 Å². The highest BCUT2D eigenvalue weighted by molar-refractivity contribution is 9.10. The van der Waals surface area contributed by atoms with Crippen LogP contribution in [0.25, 0.3) is 0 Å². The highest BCUT2D eigenvalue weighted by Gasteiger charge is 1.98. The maximum atomic E-state index is 5.72. The standard InChI is InChI=1S/C18H22BrNO/c1-14(2)11-12-21-18-9-3-15(4-10-18)13-20-17-7-5-16(19)6-8-17/h3-10,14,20H,11-13H2,1-2H3. The number of hydrogen-bond donors (Lipinski definition) is 1. The van der Waals surface area contributed by atoms with Crippen molar-refractivity contribution in [3.8, 4) is 5.75 Å². The maximum absolute atomic E-state index is 5.72. The summed E-state index contributed by atoms with van der Waals surface area (Å²) < 4.78 is 6.82. The fourth-order valence-electron chi connectivity index (χ4n) is 1.89. The summed E-state index contributed by atoms with van der Waals surface area (Å²) >= 11 is 3.44. The van der Waals surface area contributed by atoms with Crippen LogP contribution in [0.1, 0.15) is 25.8 Å². The van der Waals surface area contributed by atoms with Gasteiger partial charge in [-0.3, -0.25) is 0 Å². The summed E-state index contributed by atoms with van der Waals surface area (Å²) in [6, 6.07) is 16.5. The monoisotopic (exact) mass is 347 g/mol.